The molecule has 0 heterocycles. The number of rotatable bonds is 10. The zero-order valence-electron chi connectivity index (χ0n) is 21.0. The van der Waals surface area contributed by atoms with Gasteiger partial charge in [0.25, 0.3) is 5.91 Å². The number of nitrogens with one attached hydrogen (secondary N) is 3. The minimum absolute atomic E-state index is 0.0579. The molecule has 3 amide bonds. The third kappa shape index (κ3) is 10.0. The fourth-order valence-electron chi connectivity index (χ4n) is 3.09. The average molecular weight is 519 g/mol. The molecular formula is C25H34N4O6S. The first kappa shape index (κ1) is 28.8. The van der Waals surface area contributed by atoms with E-state index in [9.17, 15) is 22.8 Å². The maximum Gasteiger partial charge on any atom is 0.326 e. The van der Waals surface area contributed by atoms with Gasteiger partial charge in [-0.05, 0) is 75.6 Å². The summed E-state index contributed by atoms with van der Waals surface area (Å²) in [7, 11) is -3.68. The number of esters is 1. The molecule has 36 heavy (non-hydrogen) atoms. The first-order valence-electron chi connectivity index (χ1n) is 11.6. The molecule has 2 rings (SSSR count). The number of amides is 3. The number of ether oxygens (including phenoxy) is 1. The van der Waals surface area contributed by atoms with Gasteiger partial charge in [-0.3, -0.25) is 14.9 Å². The van der Waals surface area contributed by atoms with Gasteiger partial charge in [-0.25, -0.2) is 17.9 Å². The van der Waals surface area contributed by atoms with Gasteiger partial charge in [-0.2, -0.15) is 0 Å². The number of nitrogen functional groups attached to an aromatic ring is 1. The van der Waals surface area contributed by atoms with Crippen LogP contribution in [0.3, 0.4) is 0 Å². The van der Waals surface area contributed by atoms with E-state index in [2.05, 4.69) is 15.4 Å². The van der Waals surface area contributed by atoms with Gasteiger partial charge in [-0.15, -0.1) is 0 Å². The summed E-state index contributed by atoms with van der Waals surface area (Å²) in [6.07, 6.45) is 1.23. The van der Waals surface area contributed by atoms with Crippen molar-refractivity contribution in [2.24, 2.45) is 0 Å². The lowest BCUT2D eigenvalue weighted by Crippen LogP contribution is -2.46. The number of hydrogen-bond acceptors (Lipinski definition) is 7. The van der Waals surface area contributed by atoms with Gasteiger partial charge in [0.15, 0.2) is 0 Å². The molecule has 2 aromatic carbocycles. The Morgan fingerprint density at radius 3 is 2.17 bits per heavy atom. The van der Waals surface area contributed by atoms with E-state index in [1.165, 1.54) is 12.1 Å². The third-order valence-corrected chi connectivity index (χ3v) is 6.30. The lowest BCUT2D eigenvalue weighted by atomic mass is 10.1. The summed E-state index contributed by atoms with van der Waals surface area (Å²) in [5.74, 6) is -1.35. The molecule has 0 saturated carbocycles. The van der Waals surface area contributed by atoms with Crippen molar-refractivity contribution >= 4 is 39.3 Å². The van der Waals surface area contributed by atoms with E-state index < -0.39 is 39.6 Å². The van der Waals surface area contributed by atoms with E-state index in [-0.39, 0.29) is 17.7 Å². The molecule has 0 aromatic heterocycles. The Morgan fingerprint density at radius 2 is 1.61 bits per heavy atom. The smallest absolute Gasteiger partial charge is 0.326 e. The second kappa shape index (κ2) is 12.5. The van der Waals surface area contributed by atoms with Gasteiger partial charge in [0.2, 0.25) is 10.0 Å². The van der Waals surface area contributed by atoms with Crippen LogP contribution in [0.2, 0.25) is 0 Å². The number of imide groups is 1. The molecule has 0 aliphatic carbocycles. The molecule has 10 nitrogen and oxygen atoms in total. The molecule has 5 N–H and O–H groups in total. The Bertz CT molecular complexity index is 1160. The number of benzene rings is 2. The van der Waals surface area contributed by atoms with Crippen molar-refractivity contribution in [3.05, 3.63) is 59.7 Å². The number of carbonyl (C=O) groups excluding carboxylic acids is 3. The van der Waals surface area contributed by atoms with E-state index in [1.807, 2.05) is 6.92 Å². The minimum Gasteiger partial charge on any atom is -0.459 e. The van der Waals surface area contributed by atoms with Crippen LogP contribution in [0, 0.1) is 0 Å². The van der Waals surface area contributed by atoms with Gasteiger partial charge in [0.1, 0.15) is 11.6 Å². The number of nitrogens with two attached hydrogens (primary N) is 1. The van der Waals surface area contributed by atoms with Crippen LogP contribution in [0.15, 0.2) is 48.5 Å². The SMILES string of the molecule is CCCCS(=O)(=O)N[C@@H](Cc1ccc(NC(=O)NC(=O)c2ccc(N)cc2)cc1)C(=O)OC(C)(C)C. The van der Waals surface area contributed by atoms with Crippen molar-refractivity contribution in [2.75, 3.05) is 16.8 Å². The number of hydrogen-bond donors (Lipinski definition) is 4. The molecule has 1 atom stereocenters. The number of urea groups is 1. The van der Waals surface area contributed by atoms with Crippen LogP contribution in [0.5, 0.6) is 0 Å². The van der Waals surface area contributed by atoms with E-state index >= 15 is 0 Å². The molecule has 0 bridgehead atoms. The van der Waals surface area contributed by atoms with E-state index in [1.54, 1.807) is 57.2 Å². The van der Waals surface area contributed by atoms with Crippen LogP contribution in [0.1, 0.15) is 56.5 Å². The zero-order chi connectivity index (χ0) is 26.9. The predicted octanol–water partition coefficient (Wildman–Crippen LogP) is 3.20. The van der Waals surface area contributed by atoms with Crippen molar-refractivity contribution in [3.8, 4) is 0 Å². The Balaban J connectivity index is 2.05. The topological polar surface area (TPSA) is 157 Å². The molecule has 2 aromatic rings. The molecule has 0 unspecified atom stereocenters. The first-order valence-corrected chi connectivity index (χ1v) is 13.2. The van der Waals surface area contributed by atoms with Crippen LogP contribution >= 0.6 is 0 Å². The summed E-state index contributed by atoms with van der Waals surface area (Å²) in [5.41, 5.74) is 6.64. The molecular weight excluding hydrogens is 484 g/mol. The Kier molecular flexibility index (Phi) is 10.00. The zero-order valence-corrected chi connectivity index (χ0v) is 21.8. The highest BCUT2D eigenvalue weighted by Gasteiger charge is 2.29. The van der Waals surface area contributed by atoms with Crippen molar-refractivity contribution in [1.29, 1.82) is 0 Å². The molecule has 196 valence electrons. The summed E-state index contributed by atoms with van der Waals surface area (Å²) in [6.45, 7) is 7.00. The normalized spacial score (nSPS) is 12.4. The van der Waals surface area contributed by atoms with Crippen LogP contribution in [0.25, 0.3) is 0 Å². The van der Waals surface area contributed by atoms with Gasteiger partial charge >= 0.3 is 12.0 Å². The monoisotopic (exact) mass is 518 g/mol. The fourth-order valence-corrected chi connectivity index (χ4v) is 4.49. The number of anilines is 2. The van der Waals surface area contributed by atoms with E-state index in [4.69, 9.17) is 10.5 Å². The summed E-state index contributed by atoms with van der Waals surface area (Å²) in [5, 5.41) is 4.77. The number of unbranched alkanes of at least 4 members (excludes halogenated alkanes) is 1. The summed E-state index contributed by atoms with van der Waals surface area (Å²) >= 11 is 0. The highest BCUT2D eigenvalue weighted by Crippen LogP contribution is 2.15. The standard InChI is InChI=1S/C25H34N4O6S/c1-5-6-15-36(33,34)29-21(23(31)35-25(2,3)4)16-17-7-13-20(14-8-17)27-24(32)28-22(30)18-9-11-19(26)12-10-18/h7-14,21,29H,5-6,15-16,26H2,1-4H3,(H2,27,28,30,32)/t21-/m0/s1. The third-order valence-electron chi connectivity index (χ3n) is 4.83. The largest absolute Gasteiger partial charge is 0.459 e. The molecule has 11 heteroatoms. The quantitative estimate of drug-likeness (QED) is 0.278. The summed E-state index contributed by atoms with van der Waals surface area (Å²) in [4.78, 5) is 37.1. The second-order valence-electron chi connectivity index (χ2n) is 9.31. The highest BCUT2D eigenvalue weighted by molar-refractivity contribution is 7.89. The van der Waals surface area contributed by atoms with Crippen LogP contribution in [0.4, 0.5) is 16.2 Å². The first-order chi connectivity index (χ1) is 16.8. The molecule has 0 radical (unpaired) electrons. The molecule has 0 fully saturated rings. The molecule has 0 aliphatic heterocycles. The van der Waals surface area contributed by atoms with Crippen LogP contribution in [-0.2, 0) is 26.0 Å². The average Bonchev–Trinajstić information content (AvgIpc) is 2.77. The van der Waals surface area contributed by atoms with Crippen molar-refractivity contribution < 1.29 is 27.5 Å². The van der Waals surface area contributed by atoms with Crippen LogP contribution in [-0.4, -0.2) is 43.7 Å². The summed E-state index contributed by atoms with van der Waals surface area (Å²) in [6, 6.07) is 10.8. The molecule has 0 saturated heterocycles. The van der Waals surface area contributed by atoms with E-state index in [0.29, 0.717) is 29.8 Å². The summed E-state index contributed by atoms with van der Waals surface area (Å²) < 4.78 is 32.7. The van der Waals surface area contributed by atoms with Gasteiger partial charge in [0.05, 0.1) is 5.75 Å². The van der Waals surface area contributed by atoms with Crippen LogP contribution < -0.4 is 21.1 Å². The lowest BCUT2D eigenvalue weighted by molar-refractivity contribution is -0.156. The Labute approximate surface area is 212 Å². The molecule has 0 aliphatic rings. The maximum atomic E-state index is 12.7. The van der Waals surface area contributed by atoms with Crippen molar-refractivity contribution in [1.82, 2.24) is 10.0 Å². The molecule has 0 spiro atoms. The van der Waals surface area contributed by atoms with Crippen molar-refractivity contribution in [2.45, 2.75) is 58.6 Å². The maximum absolute atomic E-state index is 12.7. The number of carbonyl (C=O) groups is 3. The van der Waals surface area contributed by atoms with Gasteiger partial charge in [-0.1, -0.05) is 25.5 Å². The highest BCUT2D eigenvalue weighted by atomic mass is 32.2. The Hall–Kier alpha value is -3.44. The predicted molar refractivity (Wildman–Crippen MR) is 139 cm³/mol. The fraction of sp³-hybridized carbons (Fsp3) is 0.400. The van der Waals surface area contributed by atoms with Gasteiger partial charge < -0.3 is 15.8 Å². The van der Waals surface area contributed by atoms with E-state index in [0.717, 1.165) is 0 Å². The second-order valence-corrected chi connectivity index (χ2v) is 11.2. The van der Waals surface area contributed by atoms with Crippen molar-refractivity contribution in [3.63, 3.8) is 0 Å². The van der Waals surface area contributed by atoms with Gasteiger partial charge in [0, 0.05) is 16.9 Å². The minimum atomic E-state index is -3.68. The lowest BCUT2D eigenvalue weighted by Gasteiger charge is -2.24. The number of sulfonamides is 1. The Morgan fingerprint density at radius 1 is 1.00 bits per heavy atom.